The fraction of sp³-hybridized carbons (Fsp3) is 0.408. The fourth-order valence-electron chi connectivity index (χ4n) is 12.3. The molecule has 0 aliphatic carbocycles. The van der Waals surface area contributed by atoms with Crippen LogP contribution in [0.2, 0.25) is 10.1 Å². The molecule has 2 aliphatic heterocycles. The number of hydrogen-bond acceptors (Lipinski definition) is 14. The highest BCUT2D eigenvalue weighted by Crippen LogP contribution is 2.43. The summed E-state index contributed by atoms with van der Waals surface area (Å²) < 4.78 is 44.8. The van der Waals surface area contributed by atoms with E-state index in [1.54, 1.807) is 30.8 Å². The Balaban J connectivity index is 0.000000219. The molecule has 0 bridgehead atoms. The summed E-state index contributed by atoms with van der Waals surface area (Å²) in [6.45, 7) is 18.2. The van der Waals surface area contributed by atoms with Crippen molar-refractivity contribution in [2.45, 2.75) is 128 Å². The molecule has 6 heterocycles. The van der Waals surface area contributed by atoms with Crippen LogP contribution in [0.4, 0.5) is 11.6 Å². The number of benzene rings is 4. The number of aromatic nitrogens is 6. The Kier molecular flexibility index (Phi) is 23.7. The van der Waals surface area contributed by atoms with Gasteiger partial charge >= 0.3 is 0 Å². The SMILES string of the molecule is CCC#Cc1cn(C2CC(OCN=[N+]=[N-])C(CO[Si](c3ccccc3)(c3ccccc3)C(C)(C)C)O2)c2ncnc(N=CN(C)C)c12.CCC#Cc1cn(C2CC(OCSC)C(CO[Si](c3ccccc3)(c3ccccc3)C(C)(C)C)O2)c2ncnc(N=CN(C)C)c12. The van der Waals surface area contributed by atoms with Crippen LogP contribution in [0.1, 0.15) is 105 Å². The van der Waals surface area contributed by atoms with E-state index in [-0.39, 0.29) is 41.9 Å². The number of azide groups is 1. The topological polar surface area (TPSA) is 197 Å². The molecular formula is C71H87N13O6SSi2. The third-order valence-corrected chi connectivity index (χ3v) is 26.7. The van der Waals surface area contributed by atoms with Gasteiger partial charge in [-0.25, -0.2) is 29.9 Å². The first-order chi connectivity index (χ1) is 44.9. The van der Waals surface area contributed by atoms with Crippen LogP contribution in [0.25, 0.3) is 32.5 Å². The van der Waals surface area contributed by atoms with Crippen LogP contribution in [0.3, 0.4) is 0 Å². The zero-order valence-electron chi connectivity index (χ0n) is 55.8. The third kappa shape index (κ3) is 15.8. The second-order valence-corrected chi connectivity index (χ2v) is 34.7. The number of aliphatic imine (C=N–C) groups is 2. The van der Waals surface area contributed by atoms with E-state index < -0.39 is 35.1 Å². The molecule has 8 aromatic rings. The summed E-state index contributed by atoms with van der Waals surface area (Å²) in [7, 11) is 2.06. The highest BCUT2D eigenvalue weighted by atomic mass is 32.2. The van der Waals surface area contributed by atoms with Crippen LogP contribution in [0.5, 0.6) is 0 Å². The minimum absolute atomic E-state index is 0.113. The van der Waals surface area contributed by atoms with Gasteiger partial charge in [0.15, 0.2) is 11.6 Å². The summed E-state index contributed by atoms with van der Waals surface area (Å²) in [5.41, 5.74) is 12.0. The van der Waals surface area contributed by atoms with Gasteiger partial charge in [0, 0.05) is 71.2 Å². The Hall–Kier alpha value is -7.97. The molecule has 0 spiro atoms. The largest absolute Gasteiger partial charge is 0.405 e. The Morgan fingerprint density at radius 3 is 1.31 bits per heavy atom. The van der Waals surface area contributed by atoms with Gasteiger partial charge in [-0.3, -0.25) is 0 Å². The summed E-state index contributed by atoms with van der Waals surface area (Å²) in [6, 6.07) is 42.4. The maximum absolute atomic E-state index is 8.97. The molecule has 4 aromatic heterocycles. The molecule has 0 amide bonds. The van der Waals surface area contributed by atoms with Gasteiger partial charge in [-0.05, 0) is 42.6 Å². The number of ether oxygens (including phenoxy) is 4. The first-order valence-corrected chi connectivity index (χ1v) is 36.7. The molecule has 19 nitrogen and oxygen atoms in total. The zero-order valence-corrected chi connectivity index (χ0v) is 58.6. The van der Waals surface area contributed by atoms with Crippen LogP contribution in [-0.4, -0.2) is 153 Å². The number of rotatable bonds is 22. The van der Waals surface area contributed by atoms with E-state index in [1.807, 2.05) is 87.2 Å². The summed E-state index contributed by atoms with van der Waals surface area (Å²) in [6.07, 6.45) is 13.1. The Bertz CT molecular complexity index is 3900. The van der Waals surface area contributed by atoms with Crippen molar-refractivity contribution in [1.82, 2.24) is 38.9 Å². The lowest BCUT2D eigenvalue weighted by atomic mass is 10.2. The Morgan fingerprint density at radius 1 is 0.602 bits per heavy atom. The number of fused-ring (bicyclic) bond motifs is 2. The van der Waals surface area contributed by atoms with Crippen LogP contribution >= 0.6 is 11.8 Å². The van der Waals surface area contributed by atoms with Crippen LogP contribution < -0.4 is 20.7 Å². The molecule has 0 saturated carbocycles. The van der Waals surface area contributed by atoms with E-state index in [9.17, 15) is 0 Å². The second-order valence-electron chi connectivity index (χ2n) is 25.3. The second kappa shape index (κ2) is 31.8. The molecule has 4 aromatic carbocycles. The van der Waals surface area contributed by atoms with Gasteiger partial charge in [-0.2, -0.15) is 0 Å². The van der Waals surface area contributed by atoms with E-state index in [0.29, 0.717) is 49.1 Å². The van der Waals surface area contributed by atoms with Gasteiger partial charge in [0.2, 0.25) is 0 Å². The molecule has 0 N–H and O–H groups in total. The summed E-state index contributed by atoms with van der Waals surface area (Å²) >= 11 is 1.66. The van der Waals surface area contributed by atoms with Gasteiger partial charge in [-0.15, -0.1) is 11.8 Å². The normalized spacial score (nSPS) is 18.4. The molecule has 2 fully saturated rings. The van der Waals surface area contributed by atoms with Gasteiger partial charge in [0.25, 0.3) is 16.6 Å². The maximum atomic E-state index is 8.97. The molecule has 22 heteroatoms. The van der Waals surface area contributed by atoms with E-state index in [4.69, 9.17) is 38.3 Å². The molecule has 6 unspecified atom stereocenters. The minimum Gasteiger partial charge on any atom is -0.405 e. The number of nitrogens with zero attached hydrogens (tertiary/aromatic N) is 13. The first-order valence-electron chi connectivity index (χ1n) is 31.5. The summed E-state index contributed by atoms with van der Waals surface area (Å²) in [5.74, 6) is 14.7. The maximum Gasteiger partial charge on any atom is 0.261 e. The van der Waals surface area contributed by atoms with Crippen molar-refractivity contribution in [3.8, 4) is 23.7 Å². The number of hydrogen-bond donors (Lipinski definition) is 0. The predicted octanol–water partition coefficient (Wildman–Crippen LogP) is 11.9. The summed E-state index contributed by atoms with van der Waals surface area (Å²) in [4.78, 5) is 34.2. The summed E-state index contributed by atoms with van der Waals surface area (Å²) in [5, 5.41) is 9.71. The molecule has 10 rings (SSSR count). The van der Waals surface area contributed by atoms with Gasteiger partial charge < -0.3 is 46.7 Å². The van der Waals surface area contributed by atoms with Crippen molar-refractivity contribution < 1.29 is 27.8 Å². The highest BCUT2D eigenvalue weighted by Gasteiger charge is 2.53. The van der Waals surface area contributed by atoms with Crippen molar-refractivity contribution in [3.63, 3.8) is 0 Å². The first kappa shape index (κ1) is 69.4. The molecule has 93 heavy (non-hydrogen) atoms. The Morgan fingerprint density at radius 2 is 0.978 bits per heavy atom. The van der Waals surface area contributed by atoms with Crippen molar-refractivity contribution in [3.05, 3.63) is 168 Å². The van der Waals surface area contributed by atoms with E-state index in [2.05, 4.69) is 214 Å². The predicted molar refractivity (Wildman–Crippen MR) is 379 cm³/mol. The quantitative estimate of drug-likeness (QED) is 0.00909. The van der Waals surface area contributed by atoms with E-state index in [1.165, 1.54) is 27.1 Å². The molecule has 0 radical (unpaired) electrons. The van der Waals surface area contributed by atoms with Gasteiger partial charge in [-0.1, -0.05) is 206 Å². The van der Waals surface area contributed by atoms with Crippen molar-refractivity contribution >= 4 is 95.5 Å². The lowest BCUT2D eigenvalue weighted by Crippen LogP contribution is -2.67. The zero-order chi connectivity index (χ0) is 66.2. The van der Waals surface area contributed by atoms with E-state index >= 15 is 0 Å². The van der Waals surface area contributed by atoms with Crippen LogP contribution in [-0.2, 0) is 27.8 Å². The van der Waals surface area contributed by atoms with Crippen LogP contribution in [0, 0.1) is 23.7 Å². The fourth-order valence-corrected chi connectivity index (χ4v) is 21.8. The molecule has 2 saturated heterocycles. The number of thioether (sulfide) groups is 1. The molecular weight excluding hydrogens is 1220 g/mol. The van der Waals surface area contributed by atoms with Crippen molar-refractivity contribution in [2.24, 2.45) is 15.1 Å². The average Bonchev–Trinajstić information content (AvgIpc) is 1.28. The minimum atomic E-state index is -2.85. The van der Waals surface area contributed by atoms with Gasteiger partial charge in [0.1, 0.15) is 55.3 Å². The van der Waals surface area contributed by atoms with Crippen molar-refractivity contribution in [1.29, 1.82) is 0 Å². The monoisotopic (exact) mass is 1310 g/mol. The standard InChI is InChI=1S/C36H45N5O3SSi.C35H42N8O3Si/c1-8-9-16-27-22-41(35-33(27)34(37-24-38-35)39-25-40(5)6)32-21-30(42-26-45-7)31(44-32)23-43-46(36(2,3)4,28-17-12-10-13-18-28)29-19-14-11-15-20-29;1-7-8-15-26-21-43(34-32(26)33(37-23-38-34)39-24-42(5)6)31-20-29(44-25-40-41-36)30(46-31)22-45-47(35(2,3)4,27-16-11-9-12-17-27)28-18-13-10-14-19-28/h10-15,17-20,22,24-25,30-32H,8,21,23,26H2,1-7H3;9-14,16-19,21,23-24,29-31H,7,20,22,25H2,1-6H3. The Labute approximate surface area is 554 Å². The van der Waals surface area contributed by atoms with Crippen LogP contribution in [0.15, 0.2) is 161 Å². The average molecular weight is 1310 g/mol. The molecule has 2 aliphatic rings. The smallest absolute Gasteiger partial charge is 0.261 e. The third-order valence-electron chi connectivity index (χ3n) is 16.4. The molecule has 6 atom stereocenters. The lowest BCUT2D eigenvalue weighted by molar-refractivity contribution is -0.0562. The van der Waals surface area contributed by atoms with Crippen molar-refractivity contribution in [2.75, 3.05) is 60.3 Å². The van der Waals surface area contributed by atoms with Gasteiger partial charge in [0.05, 0.1) is 65.9 Å². The lowest BCUT2D eigenvalue weighted by Gasteiger charge is -2.43. The molecule has 486 valence electrons. The highest BCUT2D eigenvalue weighted by molar-refractivity contribution is 7.98. The van der Waals surface area contributed by atoms with E-state index in [0.717, 1.165) is 34.0 Å².